The first-order chi connectivity index (χ1) is 10.7. The van der Waals surface area contributed by atoms with E-state index < -0.39 is 0 Å². The van der Waals surface area contributed by atoms with Gasteiger partial charge in [0.15, 0.2) is 0 Å². The van der Waals surface area contributed by atoms with Crippen molar-refractivity contribution in [3.05, 3.63) is 51.8 Å². The van der Waals surface area contributed by atoms with E-state index >= 15 is 0 Å². The molecular weight excluding hydrogens is 340 g/mol. The van der Waals surface area contributed by atoms with Crippen LogP contribution in [0.3, 0.4) is 0 Å². The van der Waals surface area contributed by atoms with Crippen LogP contribution in [0.2, 0.25) is 5.02 Å². The summed E-state index contributed by atoms with van der Waals surface area (Å²) >= 11 is 9.09. The third-order valence-electron chi connectivity index (χ3n) is 2.88. The number of halogens is 1. The first kappa shape index (κ1) is 15.0. The van der Waals surface area contributed by atoms with Crippen LogP contribution in [0.25, 0.3) is 9.88 Å². The number of carbonyl (C=O) groups is 1. The molecule has 0 fully saturated rings. The molecule has 0 unspecified atom stereocenters. The van der Waals surface area contributed by atoms with Gasteiger partial charge in [0.1, 0.15) is 16.5 Å². The van der Waals surface area contributed by atoms with Crippen molar-refractivity contribution in [1.82, 2.24) is 4.98 Å². The number of thiazole rings is 1. The smallest absolute Gasteiger partial charge is 0.275 e. The summed E-state index contributed by atoms with van der Waals surface area (Å²) in [6.07, 6.45) is 0. The summed E-state index contributed by atoms with van der Waals surface area (Å²) in [5, 5.41) is 7.79. The molecule has 1 aromatic carbocycles. The Balaban J connectivity index is 1.76. The molecule has 1 amide bonds. The number of carbonyl (C=O) groups excluding carboxylic acids is 1. The molecule has 2 heterocycles. The van der Waals surface area contributed by atoms with Gasteiger partial charge in [-0.2, -0.15) is 0 Å². The summed E-state index contributed by atoms with van der Waals surface area (Å²) < 4.78 is 5.08. The average Bonchev–Trinajstić information content (AvgIpc) is 3.18. The number of hydrogen-bond acceptors (Lipinski definition) is 5. The van der Waals surface area contributed by atoms with Crippen LogP contribution in [0, 0.1) is 0 Å². The van der Waals surface area contributed by atoms with E-state index in [1.807, 2.05) is 17.5 Å². The molecule has 0 saturated heterocycles. The minimum atomic E-state index is -0.264. The Morgan fingerprint density at radius 1 is 1.32 bits per heavy atom. The fourth-order valence-electron chi connectivity index (χ4n) is 1.83. The lowest BCUT2D eigenvalue weighted by Crippen LogP contribution is -2.12. The summed E-state index contributed by atoms with van der Waals surface area (Å²) in [7, 11) is 1.54. The summed E-state index contributed by atoms with van der Waals surface area (Å²) in [4.78, 5) is 17.6. The highest BCUT2D eigenvalue weighted by Crippen LogP contribution is 2.29. The van der Waals surface area contributed by atoms with Gasteiger partial charge >= 0.3 is 0 Å². The molecule has 0 saturated carbocycles. The van der Waals surface area contributed by atoms with Gasteiger partial charge in [0.05, 0.1) is 17.0 Å². The lowest BCUT2D eigenvalue weighted by Gasteiger charge is -2.06. The van der Waals surface area contributed by atoms with E-state index in [4.69, 9.17) is 16.3 Å². The van der Waals surface area contributed by atoms with E-state index in [9.17, 15) is 4.79 Å². The number of thiophene rings is 1. The van der Waals surface area contributed by atoms with Crippen LogP contribution in [-0.2, 0) is 0 Å². The Bertz CT molecular complexity index is 800. The Hall–Kier alpha value is -1.89. The van der Waals surface area contributed by atoms with Gasteiger partial charge in [0, 0.05) is 11.1 Å². The zero-order valence-electron chi connectivity index (χ0n) is 11.5. The van der Waals surface area contributed by atoms with E-state index in [0.29, 0.717) is 22.2 Å². The molecule has 4 nitrogen and oxygen atoms in total. The number of anilines is 1. The Kier molecular flexibility index (Phi) is 4.42. The molecule has 0 aliphatic heterocycles. The van der Waals surface area contributed by atoms with Crippen molar-refractivity contribution in [3.63, 3.8) is 0 Å². The summed E-state index contributed by atoms with van der Waals surface area (Å²) in [5.41, 5.74) is 0.988. The van der Waals surface area contributed by atoms with E-state index in [1.54, 1.807) is 42.0 Å². The fourth-order valence-corrected chi connectivity index (χ4v) is 3.70. The number of amides is 1. The Morgan fingerprint density at radius 3 is 2.86 bits per heavy atom. The Morgan fingerprint density at radius 2 is 2.18 bits per heavy atom. The average molecular weight is 351 g/mol. The molecule has 0 spiro atoms. The maximum absolute atomic E-state index is 12.2. The first-order valence-electron chi connectivity index (χ1n) is 6.31. The predicted molar refractivity (Wildman–Crippen MR) is 91.4 cm³/mol. The topological polar surface area (TPSA) is 51.2 Å². The van der Waals surface area contributed by atoms with Crippen molar-refractivity contribution < 1.29 is 9.53 Å². The van der Waals surface area contributed by atoms with Crippen molar-refractivity contribution in [3.8, 4) is 15.6 Å². The van der Waals surface area contributed by atoms with E-state index in [-0.39, 0.29) is 5.91 Å². The molecule has 3 rings (SSSR count). The molecule has 0 atom stereocenters. The van der Waals surface area contributed by atoms with Crippen LogP contribution < -0.4 is 10.1 Å². The number of nitrogens with one attached hydrogen (secondary N) is 1. The molecule has 22 heavy (non-hydrogen) atoms. The Labute approximate surface area is 140 Å². The molecule has 2 aromatic heterocycles. The van der Waals surface area contributed by atoms with Crippen molar-refractivity contribution in [1.29, 1.82) is 0 Å². The second-order valence-electron chi connectivity index (χ2n) is 4.32. The van der Waals surface area contributed by atoms with E-state index in [0.717, 1.165) is 9.88 Å². The lowest BCUT2D eigenvalue weighted by atomic mass is 10.3. The van der Waals surface area contributed by atoms with Crippen LogP contribution in [0.5, 0.6) is 5.75 Å². The van der Waals surface area contributed by atoms with Gasteiger partial charge < -0.3 is 10.1 Å². The molecule has 0 radical (unpaired) electrons. The molecule has 1 N–H and O–H groups in total. The number of aromatic nitrogens is 1. The molecule has 0 bridgehead atoms. The van der Waals surface area contributed by atoms with Crippen LogP contribution in [0.4, 0.5) is 5.69 Å². The van der Waals surface area contributed by atoms with Gasteiger partial charge in [-0.1, -0.05) is 17.7 Å². The van der Waals surface area contributed by atoms with Crippen molar-refractivity contribution in [2.24, 2.45) is 0 Å². The van der Waals surface area contributed by atoms with Gasteiger partial charge in [-0.25, -0.2) is 4.98 Å². The molecule has 0 aliphatic rings. The summed E-state index contributed by atoms with van der Waals surface area (Å²) in [5.74, 6) is 0.300. The highest BCUT2D eigenvalue weighted by atomic mass is 35.5. The monoisotopic (exact) mass is 350 g/mol. The minimum absolute atomic E-state index is 0.264. The largest absolute Gasteiger partial charge is 0.495 e. The standard InChI is InChI=1S/C15H11ClN2O2S2/c1-20-12-5-4-9(7-10(12)16)17-14(19)11-8-22-15(18-11)13-3-2-6-21-13/h2-8H,1H3,(H,17,19). The number of benzene rings is 1. The molecule has 112 valence electrons. The number of hydrogen-bond donors (Lipinski definition) is 1. The zero-order chi connectivity index (χ0) is 15.5. The fraction of sp³-hybridized carbons (Fsp3) is 0.0667. The SMILES string of the molecule is COc1ccc(NC(=O)c2csc(-c3cccs3)n2)cc1Cl. The zero-order valence-corrected chi connectivity index (χ0v) is 13.9. The van der Waals surface area contributed by atoms with Gasteiger partial charge in [0.2, 0.25) is 0 Å². The number of methoxy groups -OCH3 is 1. The van der Waals surface area contributed by atoms with Crippen LogP contribution in [0.15, 0.2) is 41.1 Å². The van der Waals surface area contributed by atoms with Gasteiger partial charge in [0.25, 0.3) is 5.91 Å². The van der Waals surface area contributed by atoms with E-state index in [1.165, 1.54) is 11.3 Å². The van der Waals surface area contributed by atoms with Crippen molar-refractivity contribution >= 4 is 45.9 Å². The van der Waals surface area contributed by atoms with Crippen molar-refractivity contribution in [2.75, 3.05) is 12.4 Å². The molecule has 3 aromatic rings. The number of ether oxygens (including phenoxy) is 1. The predicted octanol–water partition coefficient (Wildman–Crippen LogP) is 4.79. The van der Waals surface area contributed by atoms with E-state index in [2.05, 4.69) is 10.3 Å². The van der Waals surface area contributed by atoms with Gasteiger partial charge in [-0.3, -0.25) is 4.79 Å². The highest BCUT2D eigenvalue weighted by Gasteiger charge is 2.13. The second kappa shape index (κ2) is 6.48. The van der Waals surface area contributed by atoms with Crippen LogP contribution >= 0.6 is 34.3 Å². The maximum Gasteiger partial charge on any atom is 0.275 e. The molecule has 7 heteroatoms. The molecular formula is C15H11ClN2O2S2. The number of nitrogens with zero attached hydrogens (tertiary/aromatic N) is 1. The quantitative estimate of drug-likeness (QED) is 0.736. The van der Waals surface area contributed by atoms with Crippen LogP contribution in [0.1, 0.15) is 10.5 Å². The first-order valence-corrected chi connectivity index (χ1v) is 8.45. The lowest BCUT2D eigenvalue weighted by molar-refractivity contribution is 0.102. The third kappa shape index (κ3) is 3.14. The highest BCUT2D eigenvalue weighted by molar-refractivity contribution is 7.20. The number of rotatable bonds is 4. The van der Waals surface area contributed by atoms with Gasteiger partial charge in [-0.15, -0.1) is 22.7 Å². The van der Waals surface area contributed by atoms with Crippen LogP contribution in [-0.4, -0.2) is 18.0 Å². The normalized spacial score (nSPS) is 10.5. The second-order valence-corrected chi connectivity index (χ2v) is 6.53. The summed E-state index contributed by atoms with van der Waals surface area (Å²) in [6, 6.07) is 9.02. The van der Waals surface area contributed by atoms with Gasteiger partial charge in [-0.05, 0) is 29.6 Å². The van der Waals surface area contributed by atoms with Crippen molar-refractivity contribution in [2.45, 2.75) is 0 Å². The summed E-state index contributed by atoms with van der Waals surface area (Å²) in [6.45, 7) is 0. The molecule has 0 aliphatic carbocycles. The maximum atomic E-state index is 12.2. The third-order valence-corrected chi connectivity index (χ3v) is 5.06. The minimum Gasteiger partial charge on any atom is -0.495 e.